The van der Waals surface area contributed by atoms with E-state index in [1.165, 1.54) is 11.1 Å². The molecule has 0 saturated carbocycles. The Hall–Kier alpha value is -3.68. The summed E-state index contributed by atoms with van der Waals surface area (Å²) >= 11 is 0. The van der Waals surface area contributed by atoms with Crippen LogP contribution in [0.2, 0.25) is 0 Å². The second-order valence-corrected chi connectivity index (χ2v) is 12.0. The predicted octanol–water partition coefficient (Wildman–Crippen LogP) is 5.17. The summed E-state index contributed by atoms with van der Waals surface area (Å²) in [6.45, 7) is 9.09. The molecule has 0 unspecified atom stereocenters. The fourth-order valence-electron chi connectivity index (χ4n) is 6.01. The minimum absolute atomic E-state index is 0.0111. The minimum atomic E-state index is -0.591. The maximum Gasteiger partial charge on any atom is 0.410 e. The molecule has 7 heteroatoms. The van der Waals surface area contributed by atoms with Crippen molar-refractivity contribution in [1.82, 2.24) is 14.7 Å². The Morgan fingerprint density at radius 1 is 0.780 bits per heavy atom. The summed E-state index contributed by atoms with van der Waals surface area (Å²) in [6.07, 6.45) is -0.309. The van der Waals surface area contributed by atoms with Crippen LogP contribution in [0.4, 0.5) is 4.79 Å². The van der Waals surface area contributed by atoms with Crippen molar-refractivity contribution in [2.24, 2.45) is 0 Å². The van der Waals surface area contributed by atoms with Crippen LogP contribution in [-0.2, 0) is 20.9 Å². The molecule has 0 bridgehead atoms. The number of piperazine rings is 2. The number of hydrogen-bond donors (Lipinski definition) is 0. The van der Waals surface area contributed by atoms with E-state index in [0.29, 0.717) is 32.8 Å². The highest BCUT2D eigenvalue weighted by Crippen LogP contribution is 2.36. The van der Waals surface area contributed by atoms with Gasteiger partial charge in [-0.2, -0.15) is 0 Å². The number of rotatable bonds is 7. The monoisotopic (exact) mass is 555 g/mol. The lowest BCUT2D eigenvalue weighted by Gasteiger charge is -2.53. The Morgan fingerprint density at radius 2 is 1.34 bits per heavy atom. The van der Waals surface area contributed by atoms with Gasteiger partial charge < -0.3 is 19.3 Å². The standard InChI is InChI=1S/C34H41N3O4/c1-34(2,3)41-33(39)36-22-29-21-35(31(38)25-40-24-26-13-7-4-8-14-26)19-20-37(29)30(23-36)32(27-15-9-5-10-16-27)28-17-11-6-12-18-28/h4-18,29-30,32H,19-25H2,1-3H3/t29-,30-/m0/s1. The van der Waals surface area contributed by atoms with Crippen molar-refractivity contribution in [2.75, 3.05) is 39.3 Å². The Balaban J connectivity index is 1.37. The van der Waals surface area contributed by atoms with E-state index in [0.717, 1.165) is 12.1 Å². The van der Waals surface area contributed by atoms with Gasteiger partial charge in [-0.1, -0.05) is 91.0 Å². The van der Waals surface area contributed by atoms with Crippen LogP contribution in [-0.4, -0.2) is 83.7 Å². The van der Waals surface area contributed by atoms with Crippen LogP contribution in [0.5, 0.6) is 0 Å². The second-order valence-electron chi connectivity index (χ2n) is 12.0. The highest BCUT2D eigenvalue weighted by molar-refractivity contribution is 5.77. The van der Waals surface area contributed by atoms with E-state index in [2.05, 4.69) is 53.4 Å². The number of carbonyl (C=O) groups is 2. The summed E-state index contributed by atoms with van der Waals surface area (Å²) in [7, 11) is 0. The topological polar surface area (TPSA) is 62.3 Å². The van der Waals surface area contributed by atoms with Gasteiger partial charge >= 0.3 is 6.09 Å². The van der Waals surface area contributed by atoms with Gasteiger partial charge in [0.15, 0.2) is 0 Å². The van der Waals surface area contributed by atoms with Gasteiger partial charge in [-0.25, -0.2) is 4.79 Å². The molecule has 0 radical (unpaired) electrons. The van der Waals surface area contributed by atoms with Crippen LogP contribution in [0.1, 0.15) is 43.4 Å². The number of hydrogen-bond acceptors (Lipinski definition) is 5. The fraction of sp³-hybridized carbons (Fsp3) is 0.412. The summed E-state index contributed by atoms with van der Waals surface area (Å²) in [4.78, 5) is 32.9. The van der Waals surface area contributed by atoms with Gasteiger partial charge in [-0.15, -0.1) is 0 Å². The van der Waals surface area contributed by atoms with E-state index in [-0.39, 0.29) is 36.6 Å². The zero-order valence-electron chi connectivity index (χ0n) is 24.3. The number of amides is 2. The van der Waals surface area contributed by atoms with Gasteiger partial charge in [0.1, 0.15) is 12.2 Å². The van der Waals surface area contributed by atoms with Crippen LogP contribution in [0, 0.1) is 0 Å². The zero-order valence-corrected chi connectivity index (χ0v) is 24.3. The zero-order chi connectivity index (χ0) is 28.8. The Kier molecular flexibility index (Phi) is 9.06. The van der Waals surface area contributed by atoms with Crippen LogP contribution < -0.4 is 0 Å². The van der Waals surface area contributed by atoms with E-state index in [1.807, 2.05) is 73.0 Å². The molecular weight excluding hydrogens is 514 g/mol. The molecule has 2 aliphatic heterocycles. The van der Waals surface area contributed by atoms with E-state index in [1.54, 1.807) is 0 Å². The van der Waals surface area contributed by atoms with Crippen molar-refractivity contribution in [3.8, 4) is 0 Å². The molecule has 2 fully saturated rings. The largest absolute Gasteiger partial charge is 0.444 e. The molecule has 3 aromatic carbocycles. The molecule has 0 N–H and O–H groups in total. The fourth-order valence-corrected chi connectivity index (χ4v) is 6.01. The molecule has 7 nitrogen and oxygen atoms in total. The summed E-state index contributed by atoms with van der Waals surface area (Å²) in [5.41, 5.74) is 2.87. The third kappa shape index (κ3) is 7.34. The van der Waals surface area contributed by atoms with Crippen molar-refractivity contribution >= 4 is 12.0 Å². The number of fused-ring (bicyclic) bond motifs is 1. The normalized spacial score (nSPS) is 19.6. The van der Waals surface area contributed by atoms with Gasteiger partial charge in [0.25, 0.3) is 0 Å². The first kappa shape index (κ1) is 28.8. The van der Waals surface area contributed by atoms with Crippen LogP contribution in [0.25, 0.3) is 0 Å². The quantitative estimate of drug-likeness (QED) is 0.403. The molecule has 2 atom stereocenters. The lowest BCUT2D eigenvalue weighted by atomic mass is 9.82. The maximum absolute atomic E-state index is 13.4. The van der Waals surface area contributed by atoms with E-state index < -0.39 is 5.60 Å². The second kappa shape index (κ2) is 12.9. The number of nitrogens with zero attached hydrogens (tertiary/aromatic N) is 3. The average molecular weight is 556 g/mol. The molecule has 3 aromatic rings. The third-order valence-electron chi connectivity index (χ3n) is 7.84. The van der Waals surface area contributed by atoms with Gasteiger partial charge in [0.05, 0.1) is 6.61 Å². The van der Waals surface area contributed by atoms with Crippen molar-refractivity contribution in [1.29, 1.82) is 0 Å². The third-order valence-corrected chi connectivity index (χ3v) is 7.84. The summed E-state index contributed by atoms with van der Waals surface area (Å²) in [6, 6.07) is 30.9. The molecule has 216 valence electrons. The Bertz CT molecular complexity index is 1240. The van der Waals surface area contributed by atoms with Gasteiger partial charge in [0, 0.05) is 50.7 Å². The number of benzene rings is 3. The molecule has 0 spiro atoms. The summed E-state index contributed by atoms with van der Waals surface area (Å²) in [5.74, 6) is 0.0378. The number of ether oxygens (including phenoxy) is 2. The predicted molar refractivity (Wildman–Crippen MR) is 159 cm³/mol. The number of carbonyl (C=O) groups excluding carboxylic acids is 2. The first-order valence-electron chi connectivity index (χ1n) is 14.5. The van der Waals surface area contributed by atoms with Crippen molar-refractivity contribution in [3.05, 3.63) is 108 Å². The Labute approximate surface area is 243 Å². The SMILES string of the molecule is CC(C)(C)OC(=O)N1C[C@@H]2CN(C(=O)COCc3ccccc3)CCN2[C@H](C(c2ccccc2)c2ccccc2)C1. The molecule has 0 aromatic heterocycles. The van der Waals surface area contributed by atoms with Gasteiger partial charge in [0.2, 0.25) is 5.91 Å². The first-order chi connectivity index (χ1) is 19.8. The Morgan fingerprint density at radius 3 is 1.93 bits per heavy atom. The molecule has 2 heterocycles. The van der Waals surface area contributed by atoms with Crippen molar-refractivity contribution < 1.29 is 19.1 Å². The molecular formula is C34H41N3O4. The lowest BCUT2D eigenvalue weighted by molar-refractivity contribution is -0.141. The highest BCUT2D eigenvalue weighted by atomic mass is 16.6. The molecule has 0 aliphatic carbocycles. The van der Waals surface area contributed by atoms with Crippen molar-refractivity contribution in [3.63, 3.8) is 0 Å². The van der Waals surface area contributed by atoms with Gasteiger partial charge in [-0.3, -0.25) is 9.69 Å². The average Bonchev–Trinajstić information content (AvgIpc) is 2.97. The van der Waals surface area contributed by atoms with Gasteiger partial charge in [-0.05, 0) is 37.5 Å². The van der Waals surface area contributed by atoms with E-state index >= 15 is 0 Å². The first-order valence-corrected chi connectivity index (χ1v) is 14.5. The van der Waals surface area contributed by atoms with Crippen molar-refractivity contribution in [2.45, 2.75) is 51.0 Å². The van der Waals surface area contributed by atoms with Crippen LogP contribution in [0.3, 0.4) is 0 Å². The van der Waals surface area contributed by atoms with E-state index in [9.17, 15) is 9.59 Å². The molecule has 5 rings (SSSR count). The molecule has 2 saturated heterocycles. The van der Waals surface area contributed by atoms with Crippen LogP contribution >= 0.6 is 0 Å². The summed E-state index contributed by atoms with van der Waals surface area (Å²) in [5, 5.41) is 0. The molecule has 2 aliphatic rings. The molecule has 2 amide bonds. The minimum Gasteiger partial charge on any atom is -0.444 e. The maximum atomic E-state index is 13.4. The highest BCUT2D eigenvalue weighted by Gasteiger charge is 2.44. The smallest absolute Gasteiger partial charge is 0.410 e. The summed E-state index contributed by atoms with van der Waals surface area (Å²) < 4.78 is 11.6. The lowest BCUT2D eigenvalue weighted by Crippen LogP contribution is -2.68. The molecule has 41 heavy (non-hydrogen) atoms. The van der Waals surface area contributed by atoms with Crippen LogP contribution in [0.15, 0.2) is 91.0 Å². The van der Waals surface area contributed by atoms with E-state index in [4.69, 9.17) is 9.47 Å².